The molecule has 2 rings (SSSR count). The number of fused-ring (bicyclic) bond motifs is 1. The second-order valence-electron chi connectivity index (χ2n) is 6.26. The molecule has 17 heavy (non-hydrogen) atoms. The van der Waals surface area contributed by atoms with Gasteiger partial charge in [-0.2, -0.15) is 0 Å². The molecule has 0 aromatic rings. The van der Waals surface area contributed by atoms with Crippen LogP contribution in [0.25, 0.3) is 0 Å². The highest BCUT2D eigenvalue weighted by molar-refractivity contribution is 5.38. The normalized spacial score (nSPS) is 45.8. The first-order valence-electron chi connectivity index (χ1n) is 6.77. The van der Waals surface area contributed by atoms with Crippen molar-refractivity contribution in [2.75, 3.05) is 0 Å². The van der Waals surface area contributed by atoms with Gasteiger partial charge >= 0.3 is 0 Å². The molecule has 0 heterocycles. The summed E-state index contributed by atoms with van der Waals surface area (Å²) in [5, 5.41) is 0. The van der Waals surface area contributed by atoms with Crippen LogP contribution in [-0.2, 0) is 9.53 Å². The molecule has 2 aliphatic carbocycles. The maximum atomic E-state index is 10.7. The Labute approximate surface area is 104 Å². The minimum atomic E-state index is 0.102. The summed E-state index contributed by atoms with van der Waals surface area (Å²) < 4.78 is 5.44. The molecule has 0 spiro atoms. The number of allylic oxidation sites excluding steroid dienone is 2. The van der Waals surface area contributed by atoms with Crippen molar-refractivity contribution < 1.29 is 9.53 Å². The molecule has 2 nitrogen and oxygen atoms in total. The second kappa shape index (κ2) is 4.47. The Kier molecular flexibility index (Phi) is 3.33. The molecule has 96 valence electrons. The van der Waals surface area contributed by atoms with Crippen molar-refractivity contribution in [3.63, 3.8) is 0 Å². The number of ether oxygens (including phenoxy) is 1. The van der Waals surface area contributed by atoms with Gasteiger partial charge in [0.1, 0.15) is 6.10 Å². The predicted molar refractivity (Wildman–Crippen MR) is 68.5 cm³/mol. The summed E-state index contributed by atoms with van der Waals surface area (Å²) >= 11 is 0. The maximum absolute atomic E-state index is 10.7. The Morgan fingerprint density at radius 3 is 2.76 bits per heavy atom. The molecular weight excluding hydrogens is 212 g/mol. The second-order valence-corrected chi connectivity index (χ2v) is 6.26. The number of hydrogen-bond acceptors (Lipinski definition) is 2. The van der Waals surface area contributed by atoms with Crippen molar-refractivity contribution in [2.45, 2.75) is 53.1 Å². The molecule has 1 saturated carbocycles. The van der Waals surface area contributed by atoms with Crippen molar-refractivity contribution in [3.05, 3.63) is 11.6 Å². The van der Waals surface area contributed by atoms with E-state index in [0.29, 0.717) is 24.2 Å². The fourth-order valence-corrected chi connectivity index (χ4v) is 4.01. The van der Waals surface area contributed by atoms with Crippen molar-refractivity contribution in [2.24, 2.45) is 23.2 Å². The molecule has 1 fully saturated rings. The summed E-state index contributed by atoms with van der Waals surface area (Å²) in [5.41, 5.74) is 1.73. The predicted octanol–water partition coefficient (Wildman–Crippen LogP) is 3.57. The largest absolute Gasteiger partial charge is 0.464 e. The van der Waals surface area contributed by atoms with Gasteiger partial charge in [0.2, 0.25) is 0 Å². The van der Waals surface area contributed by atoms with Crippen LogP contribution in [-0.4, -0.2) is 12.6 Å². The number of hydrogen-bond donors (Lipinski definition) is 0. The highest BCUT2D eigenvalue weighted by Gasteiger charge is 2.50. The first kappa shape index (κ1) is 12.7. The van der Waals surface area contributed by atoms with E-state index in [4.69, 9.17) is 4.74 Å². The lowest BCUT2D eigenvalue weighted by molar-refractivity contribution is -0.150. The first-order valence-corrected chi connectivity index (χ1v) is 6.77. The summed E-state index contributed by atoms with van der Waals surface area (Å²) in [6.07, 6.45) is 5.99. The van der Waals surface area contributed by atoms with Crippen molar-refractivity contribution in [1.82, 2.24) is 0 Å². The van der Waals surface area contributed by atoms with Gasteiger partial charge in [-0.25, -0.2) is 0 Å². The molecule has 5 unspecified atom stereocenters. The molecule has 5 atom stereocenters. The quantitative estimate of drug-likeness (QED) is 0.541. The van der Waals surface area contributed by atoms with Gasteiger partial charge in [-0.15, -0.1) is 0 Å². The molecule has 0 bridgehead atoms. The van der Waals surface area contributed by atoms with E-state index in [9.17, 15) is 4.79 Å². The van der Waals surface area contributed by atoms with Gasteiger partial charge < -0.3 is 4.74 Å². The average Bonchev–Trinajstić information content (AvgIpc) is 2.29. The highest BCUT2D eigenvalue weighted by atomic mass is 16.5. The fourth-order valence-electron chi connectivity index (χ4n) is 4.01. The van der Waals surface area contributed by atoms with Gasteiger partial charge in [0.15, 0.2) is 0 Å². The number of rotatable bonds is 2. The Morgan fingerprint density at radius 1 is 1.41 bits per heavy atom. The smallest absolute Gasteiger partial charge is 0.293 e. The van der Waals surface area contributed by atoms with Crippen LogP contribution in [0.1, 0.15) is 47.0 Å². The van der Waals surface area contributed by atoms with E-state index < -0.39 is 0 Å². The van der Waals surface area contributed by atoms with E-state index in [1.54, 1.807) is 0 Å². The maximum Gasteiger partial charge on any atom is 0.293 e. The van der Waals surface area contributed by atoms with Gasteiger partial charge in [-0.05, 0) is 43.4 Å². The topological polar surface area (TPSA) is 26.3 Å². The Hall–Kier alpha value is -0.790. The molecule has 0 aromatic carbocycles. The minimum absolute atomic E-state index is 0.102. The lowest BCUT2D eigenvalue weighted by atomic mass is 9.54. The van der Waals surface area contributed by atoms with E-state index in [-0.39, 0.29) is 11.5 Å². The van der Waals surface area contributed by atoms with E-state index in [1.807, 2.05) is 0 Å². The Morgan fingerprint density at radius 2 is 2.12 bits per heavy atom. The van der Waals surface area contributed by atoms with E-state index in [1.165, 1.54) is 12.0 Å². The third-order valence-electron chi connectivity index (χ3n) is 5.29. The van der Waals surface area contributed by atoms with Gasteiger partial charge in [0.05, 0.1) is 0 Å². The first-order chi connectivity index (χ1) is 8.00. The van der Waals surface area contributed by atoms with E-state index >= 15 is 0 Å². The standard InChI is InChI=1S/C15H24O2/c1-10-5-6-12(3)15(4)8-7-11(2)14(13(10)15)17-9-16/h6,9-11,13-14H,5,7-8H2,1-4H3. The molecule has 0 aromatic heterocycles. The van der Waals surface area contributed by atoms with Crippen LogP contribution in [0, 0.1) is 23.2 Å². The van der Waals surface area contributed by atoms with Crippen molar-refractivity contribution in [1.29, 1.82) is 0 Å². The number of carbonyl (C=O) groups excluding carboxylic acids is 1. The third-order valence-corrected chi connectivity index (χ3v) is 5.29. The van der Waals surface area contributed by atoms with Crippen LogP contribution < -0.4 is 0 Å². The lowest BCUT2D eigenvalue weighted by Crippen LogP contribution is -2.50. The molecule has 2 heteroatoms. The molecule has 0 radical (unpaired) electrons. The summed E-state index contributed by atoms with van der Waals surface area (Å²) in [7, 11) is 0. The zero-order valence-corrected chi connectivity index (χ0v) is 11.4. The van der Waals surface area contributed by atoms with E-state index in [2.05, 4.69) is 33.8 Å². The summed E-state index contributed by atoms with van der Waals surface area (Å²) in [6.45, 7) is 9.76. The molecule has 2 aliphatic rings. The minimum Gasteiger partial charge on any atom is -0.464 e. The Balaban J connectivity index is 2.36. The van der Waals surface area contributed by atoms with Crippen LogP contribution in [0.4, 0.5) is 0 Å². The molecule has 0 aliphatic heterocycles. The molecule has 0 saturated heterocycles. The van der Waals surface area contributed by atoms with Crippen LogP contribution >= 0.6 is 0 Å². The van der Waals surface area contributed by atoms with Gasteiger partial charge in [-0.1, -0.05) is 32.4 Å². The van der Waals surface area contributed by atoms with Crippen molar-refractivity contribution in [3.8, 4) is 0 Å². The van der Waals surface area contributed by atoms with Crippen LogP contribution in [0.3, 0.4) is 0 Å². The zero-order chi connectivity index (χ0) is 12.6. The monoisotopic (exact) mass is 236 g/mol. The van der Waals surface area contributed by atoms with Gasteiger partial charge in [0.25, 0.3) is 6.47 Å². The third kappa shape index (κ3) is 1.92. The summed E-state index contributed by atoms with van der Waals surface area (Å²) in [6, 6.07) is 0. The lowest BCUT2D eigenvalue weighted by Gasteiger charge is -2.53. The SMILES string of the molecule is CC1=CCC(C)C2C(OC=O)C(C)CCC12C. The molecular formula is C15H24O2. The van der Waals surface area contributed by atoms with Gasteiger partial charge in [-0.3, -0.25) is 4.79 Å². The Bertz CT molecular complexity index is 334. The highest BCUT2D eigenvalue weighted by Crippen LogP contribution is 2.54. The van der Waals surface area contributed by atoms with Crippen LogP contribution in [0.5, 0.6) is 0 Å². The summed E-state index contributed by atoms with van der Waals surface area (Å²) in [5.74, 6) is 1.59. The average molecular weight is 236 g/mol. The number of carbonyl (C=O) groups is 1. The van der Waals surface area contributed by atoms with Crippen molar-refractivity contribution >= 4 is 6.47 Å². The fraction of sp³-hybridized carbons (Fsp3) is 0.800. The summed E-state index contributed by atoms with van der Waals surface area (Å²) in [4.78, 5) is 10.7. The molecule has 0 N–H and O–H groups in total. The van der Waals surface area contributed by atoms with Gasteiger partial charge in [0, 0.05) is 5.92 Å². The molecule has 0 amide bonds. The zero-order valence-electron chi connectivity index (χ0n) is 11.4. The van der Waals surface area contributed by atoms with E-state index in [0.717, 1.165) is 12.8 Å². The van der Waals surface area contributed by atoms with Crippen LogP contribution in [0.2, 0.25) is 0 Å². The van der Waals surface area contributed by atoms with Crippen LogP contribution in [0.15, 0.2) is 11.6 Å².